The largest absolute Gasteiger partial charge is 0.461 e. The lowest BCUT2D eigenvalue weighted by atomic mass is 10.3. The van der Waals surface area contributed by atoms with Crippen LogP contribution in [0.25, 0.3) is 11.5 Å². The molecule has 3 aromatic heterocycles. The molecule has 3 aromatic rings. The predicted octanol–water partition coefficient (Wildman–Crippen LogP) is 2.51. The van der Waals surface area contributed by atoms with Gasteiger partial charge in [-0.15, -0.1) is 5.10 Å². The Kier molecular flexibility index (Phi) is 3.45. The monoisotopic (exact) mass is 322 g/mol. The Labute approximate surface area is 117 Å². The molecule has 3 rings (SSSR count). The van der Waals surface area contributed by atoms with E-state index in [-0.39, 0.29) is 0 Å². The molecule has 0 bridgehead atoms. The van der Waals surface area contributed by atoms with Crippen molar-refractivity contribution >= 4 is 15.9 Å². The smallest absolute Gasteiger partial charge is 0.202 e. The average Bonchev–Trinajstić information content (AvgIpc) is 3.10. The van der Waals surface area contributed by atoms with Gasteiger partial charge in [-0.25, -0.2) is 4.68 Å². The van der Waals surface area contributed by atoms with Gasteiger partial charge in [0.05, 0.1) is 18.5 Å². The number of rotatable bonds is 5. The Morgan fingerprint density at radius 3 is 3.00 bits per heavy atom. The van der Waals surface area contributed by atoms with E-state index >= 15 is 0 Å². The fraction of sp³-hybridized carbons (Fsp3) is 0.250. The number of nitrogens with zero attached hydrogens (tertiary/aromatic N) is 4. The molecule has 0 amide bonds. The van der Waals surface area contributed by atoms with E-state index in [1.807, 2.05) is 24.4 Å². The Bertz CT molecular complexity index is 644. The number of aromatic nitrogens is 4. The van der Waals surface area contributed by atoms with Crippen molar-refractivity contribution in [3.8, 4) is 11.5 Å². The first kappa shape index (κ1) is 12.2. The summed E-state index contributed by atoms with van der Waals surface area (Å²) in [7, 11) is 0. The summed E-state index contributed by atoms with van der Waals surface area (Å²) in [6, 6.07) is 5.47. The van der Waals surface area contributed by atoms with Crippen LogP contribution in [-0.4, -0.2) is 25.5 Å². The molecule has 0 radical (unpaired) electrons. The average molecular weight is 323 g/mol. The van der Waals surface area contributed by atoms with Crippen molar-refractivity contribution in [3.05, 3.63) is 42.0 Å². The highest BCUT2D eigenvalue weighted by Gasteiger charge is 2.10. The second kappa shape index (κ2) is 5.40. The summed E-state index contributed by atoms with van der Waals surface area (Å²) in [4.78, 5) is 0. The molecule has 0 aliphatic rings. The maximum Gasteiger partial charge on any atom is 0.202 e. The number of furan rings is 1. The standard InChI is InChI=1S/C12H11BrN4O2/c13-4-3-9-7-17(16-14-9)8-10-6-12(19-15-10)11-2-1-5-18-11/h1-2,5-7H,3-4,8H2. The zero-order valence-corrected chi connectivity index (χ0v) is 11.6. The van der Waals surface area contributed by atoms with Gasteiger partial charge in [-0.1, -0.05) is 26.3 Å². The molecular formula is C12H11BrN4O2. The van der Waals surface area contributed by atoms with E-state index in [0.717, 1.165) is 23.1 Å². The Hall–Kier alpha value is -1.89. The molecule has 0 aliphatic carbocycles. The van der Waals surface area contributed by atoms with Crippen LogP contribution in [0.1, 0.15) is 11.4 Å². The minimum absolute atomic E-state index is 0.527. The molecular weight excluding hydrogens is 312 g/mol. The number of hydrogen-bond donors (Lipinski definition) is 0. The molecule has 0 unspecified atom stereocenters. The zero-order chi connectivity index (χ0) is 13.1. The third-order valence-electron chi connectivity index (χ3n) is 2.58. The lowest BCUT2D eigenvalue weighted by Crippen LogP contribution is -2.00. The summed E-state index contributed by atoms with van der Waals surface area (Å²) >= 11 is 3.37. The van der Waals surface area contributed by atoms with Crippen molar-refractivity contribution < 1.29 is 8.94 Å². The highest BCUT2D eigenvalue weighted by atomic mass is 79.9. The van der Waals surface area contributed by atoms with Crippen molar-refractivity contribution in [2.75, 3.05) is 5.33 Å². The minimum Gasteiger partial charge on any atom is -0.461 e. The molecule has 0 N–H and O–H groups in total. The third-order valence-corrected chi connectivity index (χ3v) is 2.98. The summed E-state index contributed by atoms with van der Waals surface area (Å²) in [5.41, 5.74) is 1.73. The summed E-state index contributed by atoms with van der Waals surface area (Å²) < 4.78 is 12.2. The van der Waals surface area contributed by atoms with Gasteiger partial charge in [0.25, 0.3) is 0 Å². The molecule has 98 valence electrons. The molecule has 0 aliphatic heterocycles. The van der Waals surface area contributed by atoms with Crippen LogP contribution in [0.4, 0.5) is 0 Å². The summed E-state index contributed by atoms with van der Waals surface area (Å²) in [5, 5.41) is 13.0. The molecule has 6 nitrogen and oxygen atoms in total. The van der Waals surface area contributed by atoms with Crippen LogP contribution >= 0.6 is 15.9 Å². The van der Waals surface area contributed by atoms with Crippen molar-refractivity contribution in [2.45, 2.75) is 13.0 Å². The summed E-state index contributed by atoms with van der Waals surface area (Å²) in [6.45, 7) is 0.527. The van der Waals surface area contributed by atoms with Gasteiger partial charge in [0.1, 0.15) is 5.69 Å². The van der Waals surface area contributed by atoms with Crippen LogP contribution in [0.2, 0.25) is 0 Å². The summed E-state index contributed by atoms with van der Waals surface area (Å²) in [5.74, 6) is 1.28. The molecule has 3 heterocycles. The van der Waals surface area contributed by atoms with Gasteiger partial charge in [-0.05, 0) is 12.1 Å². The van der Waals surface area contributed by atoms with Crippen LogP contribution in [0.5, 0.6) is 0 Å². The Morgan fingerprint density at radius 2 is 2.21 bits per heavy atom. The maximum absolute atomic E-state index is 5.25. The number of aryl methyl sites for hydroxylation is 1. The van der Waals surface area contributed by atoms with E-state index in [9.17, 15) is 0 Å². The molecule has 0 fully saturated rings. The second-order valence-electron chi connectivity index (χ2n) is 4.01. The molecule has 7 heteroatoms. The van der Waals surface area contributed by atoms with Gasteiger partial charge in [-0.2, -0.15) is 0 Å². The van der Waals surface area contributed by atoms with Crippen molar-refractivity contribution in [2.24, 2.45) is 0 Å². The molecule has 0 aromatic carbocycles. The van der Waals surface area contributed by atoms with Crippen LogP contribution in [0.15, 0.2) is 39.6 Å². The van der Waals surface area contributed by atoms with Gasteiger partial charge in [0.15, 0.2) is 5.76 Å². The summed E-state index contributed by atoms with van der Waals surface area (Å²) in [6.07, 6.45) is 4.36. The van der Waals surface area contributed by atoms with Gasteiger partial charge >= 0.3 is 0 Å². The van der Waals surface area contributed by atoms with E-state index in [4.69, 9.17) is 8.94 Å². The Morgan fingerprint density at radius 1 is 1.26 bits per heavy atom. The van der Waals surface area contributed by atoms with E-state index in [2.05, 4.69) is 31.4 Å². The third kappa shape index (κ3) is 2.76. The molecule has 0 saturated heterocycles. The number of halogens is 1. The fourth-order valence-electron chi connectivity index (χ4n) is 1.71. The first-order valence-electron chi connectivity index (χ1n) is 5.79. The van der Waals surface area contributed by atoms with E-state index < -0.39 is 0 Å². The first-order valence-corrected chi connectivity index (χ1v) is 6.92. The highest BCUT2D eigenvalue weighted by molar-refractivity contribution is 9.09. The van der Waals surface area contributed by atoms with Crippen molar-refractivity contribution in [3.63, 3.8) is 0 Å². The van der Waals surface area contributed by atoms with Gasteiger partial charge in [-0.3, -0.25) is 0 Å². The van der Waals surface area contributed by atoms with Gasteiger partial charge in [0.2, 0.25) is 5.76 Å². The van der Waals surface area contributed by atoms with Crippen LogP contribution in [-0.2, 0) is 13.0 Å². The predicted molar refractivity (Wildman–Crippen MR) is 70.8 cm³/mol. The van der Waals surface area contributed by atoms with E-state index in [1.54, 1.807) is 10.9 Å². The lowest BCUT2D eigenvalue weighted by Gasteiger charge is -1.93. The molecule has 19 heavy (non-hydrogen) atoms. The maximum atomic E-state index is 5.25. The van der Waals surface area contributed by atoms with Crippen LogP contribution in [0.3, 0.4) is 0 Å². The highest BCUT2D eigenvalue weighted by Crippen LogP contribution is 2.20. The SMILES string of the molecule is BrCCc1cn(Cc2cc(-c3ccco3)on2)nn1. The minimum atomic E-state index is 0.527. The van der Waals surface area contributed by atoms with E-state index in [1.165, 1.54) is 0 Å². The van der Waals surface area contributed by atoms with E-state index in [0.29, 0.717) is 18.1 Å². The van der Waals surface area contributed by atoms with Crippen LogP contribution < -0.4 is 0 Å². The topological polar surface area (TPSA) is 69.9 Å². The first-order chi connectivity index (χ1) is 9.35. The second-order valence-corrected chi connectivity index (χ2v) is 4.80. The van der Waals surface area contributed by atoms with Crippen LogP contribution in [0, 0.1) is 0 Å². The number of hydrogen-bond acceptors (Lipinski definition) is 5. The molecule has 0 spiro atoms. The van der Waals surface area contributed by atoms with Gasteiger partial charge in [0, 0.05) is 24.0 Å². The Balaban J connectivity index is 1.72. The molecule has 0 atom stereocenters. The number of alkyl halides is 1. The van der Waals surface area contributed by atoms with Crippen molar-refractivity contribution in [1.29, 1.82) is 0 Å². The zero-order valence-electron chi connectivity index (χ0n) is 9.99. The fourth-order valence-corrected chi connectivity index (χ4v) is 2.12. The van der Waals surface area contributed by atoms with Crippen molar-refractivity contribution in [1.82, 2.24) is 20.2 Å². The normalized spacial score (nSPS) is 11.0. The molecule has 0 saturated carbocycles. The van der Waals surface area contributed by atoms with Gasteiger partial charge < -0.3 is 8.94 Å². The lowest BCUT2D eigenvalue weighted by molar-refractivity contribution is 0.407. The quantitative estimate of drug-likeness (QED) is 0.675.